The minimum atomic E-state index is 0.240. The zero-order valence-electron chi connectivity index (χ0n) is 15.2. The second-order valence-corrected chi connectivity index (χ2v) is 9.13. The first kappa shape index (κ1) is 17.3. The van der Waals surface area contributed by atoms with Crippen LogP contribution in [0.25, 0.3) is 0 Å². The van der Waals surface area contributed by atoms with Crippen LogP contribution in [0.4, 0.5) is 0 Å². The summed E-state index contributed by atoms with van der Waals surface area (Å²) >= 11 is 0. The molecule has 2 nitrogen and oxygen atoms in total. The molecule has 0 aromatic carbocycles. The van der Waals surface area contributed by atoms with Crippen LogP contribution >= 0.6 is 0 Å². The van der Waals surface area contributed by atoms with Crippen LogP contribution < -0.4 is 5.32 Å². The first-order valence-corrected chi connectivity index (χ1v) is 9.29. The molecule has 2 aliphatic carbocycles. The van der Waals surface area contributed by atoms with Crippen molar-refractivity contribution in [2.45, 2.75) is 91.1 Å². The third-order valence-corrected chi connectivity index (χ3v) is 5.37. The van der Waals surface area contributed by atoms with Gasteiger partial charge in [0, 0.05) is 31.2 Å². The molecule has 0 amide bonds. The van der Waals surface area contributed by atoms with Crippen LogP contribution in [0.5, 0.6) is 0 Å². The Morgan fingerprint density at radius 1 is 1.10 bits per heavy atom. The fraction of sp³-hybridized carbons (Fsp3) is 1.00. The van der Waals surface area contributed by atoms with Crippen LogP contribution in [0.3, 0.4) is 0 Å². The second-order valence-electron chi connectivity index (χ2n) is 9.13. The summed E-state index contributed by atoms with van der Waals surface area (Å²) in [5.41, 5.74) is 0.758. The van der Waals surface area contributed by atoms with Gasteiger partial charge in [-0.05, 0) is 71.6 Å². The number of nitrogens with zero attached hydrogens (tertiary/aromatic N) is 1. The Balaban J connectivity index is 1.99. The molecular weight excluding hydrogens is 256 g/mol. The summed E-state index contributed by atoms with van der Waals surface area (Å²) in [6.45, 7) is 15.5. The summed E-state index contributed by atoms with van der Waals surface area (Å²) in [5, 5.41) is 3.82. The Morgan fingerprint density at radius 2 is 1.71 bits per heavy atom. The molecule has 0 atom stereocenters. The van der Waals surface area contributed by atoms with Crippen LogP contribution in [-0.2, 0) is 0 Å². The van der Waals surface area contributed by atoms with E-state index in [2.05, 4.69) is 44.8 Å². The van der Waals surface area contributed by atoms with Gasteiger partial charge < -0.3 is 10.2 Å². The van der Waals surface area contributed by atoms with Crippen molar-refractivity contribution in [3.63, 3.8) is 0 Å². The summed E-state index contributed by atoms with van der Waals surface area (Å²) in [4.78, 5) is 2.79. The van der Waals surface area contributed by atoms with Gasteiger partial charge in [0.1, 0.15) is 0 Å². The van der Waals surface area contributed by atoms with Crippen LogP contribution in [0.15, 0.2) is 0 Å². The molecule has 0 unspecified atom stereocenters. The average molecular weight is 295 g/mol. The quantitative estimate of drug-likeness (QED) is 0.746. The molecule has 0 radical (unpaired) electrons. The second kappa shape index (κ2) is 7.00. The smallest absolute Gasteiger partial charge is 0.00967 e. The topological polar surface area (TPSA) is 15.3 Å². The van der Waals surface area contributed by atoms with Crippen molar-refractivity contribution in [1.82, 2.24) is 10.2 Å². The molecule has 0 bridgehead atoms. The van der Waals surface area contributed by atoms with Gasteiger partial charge in [0.2, 0.25) is 0 Å². The molecule has 2 rings (SSSR count). The molecule has 2 fully saturated rings. The van der Waals surface area contributed by atoms with E-state index >= 15 is 0 Å². The van der Waals surface area contributed by atoms with Crippen molar-refractivity contribution in [3.05, 3.63) is 0 Å². The molecule has 124 valence electrons. The Hall–Kier alpha value is -0.0800. The van der Waals surface area contributed by atoms with Crippen molar-refractivity contribution in [3.8, 4) is 0 Å². The molecular formula is C19H38N2. The normalized spacial score (nSPS) is 23.0. The van der Waals surface area contributed by atoms with Gasteiger partial charge in [-0.1, -0.05) is 19.3 Å². The van der Waals surface area contributed by atoms with Crippen molar-refractivity contribution in [2.75, 3.05) is 19.6 Å². The molecule has 0 spiro atoms. The molecule has 0 aromatic heterocycles. The lowest BCUT2D eigenvalue weighted by molar-refractivity contribution is 0.0745. The molecule has 2 aliphatic rings. The lowest BCUT2D eigenvalue weighted by Gasteiger charge is -2.44. The van der Waals surface area contributed by atoms with Crippen molar-refractivity contribution < 1.29 is 0 Å². The molecule has 0 saturated heterocycles. The molecule has 0 aliphatic heterocycles. The van der Waals surface area contributed by atoms with Gasteiger partial charge in [-0.2, -0.15) is 0 Å². The Bertz CT molecular complexity index is 306. The maximum absolute atomic E-state index is 3.82. The van der Waals surface area contributed by atoms with Gasteiger partial charge in [0.25, 0.3) is 0 Å². The summed E-state index contributed by atoms with van der Waals surface area (Å²) in [7, 11) is 0. The van der Waals surface area contributed by atoms with E-state index in [4.69, 9.17) is 0 Å². The number of hydrogen-bond acceptors (Lipinski definition) is 2. The minimum absolute atomic E-state index is 0.240. The molecule has 1 N–H and O–H groups in total. The van der Waals surface area contributed by atoms with E-state index in [9.17, 15) is 0 Å². The highest BCUT2D eigenvalue weighted by Crippen LogP contribution is 2.39. The molecule has 0 aromatic rings. The minimum Gasteiger partial charge on any atom is -0.311 e. The monoisotopic (exact) mass is 294 g/mol. The van der Waals surface area contributed by atoms with Crippen LogP contribution in [0, 0.1) is 11.3 Å². The van der Waals surface area contributed by atoms with Crippen molar-refractivity contribution in [1.29, 1.82) is 0 Å². The number of nitrogens with one attached hydrogen (secondary N) is 1. The predicted molar refractivity (Wildman–Crippen MR) is 92.7 cm³/mol. The third kappa shape index (κ3) is 5.90. The predicted octanol–water partition coefficient (Wildman–Crippen LogP) is 4.45. The zero-order valence-corrected chi connectivity index (χ0v) is 15.2. The first-order valence-electron chi connectivity index (χ1n) is 9.29. The van der Waals surface area contributed by atoms with E-state index in [1.807, 2.05) is 0 Å². The molecule has 2 saturated carbocycles. The Labute approximate surface area is 133 Å². The van der Waals surface area contributed by atoms with E-state index in [0.717, 1.165) is 5.92 Å². The first-order chi connectivity index (χ1) is 9.80. The Kier molecular flexibility index (Phi) is 5.76. The van der Waals surface area contributed by atoms with Crippen LogP contribution in [0.1, 0.15) is 79.6 Å². The van der Waals surface area contributed by atoms with Gasteiger partial charge in [-0.15, -0.1) is 0 Å². The number of rotatable bonds is 7. The molecule has 0 heterocycles. The Morgan fingerprint density at radius 3 is 2.19 bits per heavy atom. The lowest BCUT2D eigenvalue weighted by Crippen LogP contribution is -2.51. The van der Waals surface area contributed by atoms with Gasteiger partial charge in [-0.3, -0.25) is 0 Å². The largest absolute Gasteiger partial charge is 0.311 e. The fourth-order valence-electron chi connectivity index (χ4n) is 3.67. The third-order valence-electron chi connectivity index (χ3n) is 5.37. The maximum Gasteiger partial charge on any atom is 0.00967 e. The SMILES string of the molecule is CC(C)N(CC1CC1)CC1(CNC(C)(C)C)CCCCC1. The lowest BCUT2D eigenvalue weighted by atomic mass is 9.73. The van der Waals surface area contributed by atoms with E-state index in [0.29, 0.717) is 11.5 Å². The van der Waals surface area contributed by atoms with E-state index in [-0.39, 0.29) is 5.54 Å². The van der Waals surface area contributed by atoms with Crippen molar-refractivity contribution >= 4 is 0 Å². The van der Waals surface area contributed by atoms with E-state index in [1.54, 1.807) is 0 Å². The highest BCUT2D eigenvalue weighted by atomic mass is 15.2. The van der Waals surface area contributed by atoms with Gasteiger partial charge in [0.15, 0.2) is 0 Å². The maximum atomic E-state index is 3.82. The summed E-state index contributed by atoms with van der Waals surface area (Å²) in [6.07, 6.45) is 10.1. The highest BCUT2D eigenvalue weighted by Gasteiger charge is 2.36. The highest BCUT2D eigenvalue weighted by molar-refractivity contribution is 4.91. The number of hydrogen-bond donors (Lipinski definition) is 1. The fourth-order valence-corrected chi connectivity index (χ4v) is 3.67. The van der Waals surface area contributed by atoms with Gasteiger partial charge in [0.05, 0.1) is 0 Å². The van der Waals surface area contributed by atoms with E-state index in [1.165, 1.54) is 64.6 Å². The molecule has 2 heteroatoms. The standard InChI is InChI=1S/C19H38N2/c1-16(2)21(13-17-9-10-17)15-19(11-7-6-8-12-19)14-20-18(3,4)5/h16-17,20H,6-15H2,1-5H3. The summed E-state index contributed by atoms with van der Waals surface area (Å²) in [6, 6.07) is 0.694. The molecule has 21 heavy (non-hydrogen) atoms. The van der Waals surface area contributed by atoms with Crippen molar-refractivity contribution in [2.24, 2.45) is 11.3 Å². The average Bonchev–Trinajstić information content (AvgIpc) is 3.20. The van der Waals surface area contributed by atoms with Crippen LogP contribution in [0.2, 0.25) is 0 Å². The summed E-state index contributed by atoms with van der Waals surface area (Å²) < 4.78 is 0. The van der Waals surface area contributed by atoms with Crippen LogP contribution in [-0.4, -0.2) is 36.1 Å². The van der Waals surface area contributed by atoms with Gasteiger partial charge >= 0.3 is 0 Å². The van der Waals surface area contributed by atoms with E-state index < -0.39 is 0 Å². The zero-order chi connectivity index (χ0) is 15.5. The summed E-state index contributed by atoms with van der Waals surface area (Å²) in [5.74, 6) is 1.00. The van der Waals surface area contributed by atoms with Gasteiger partial charge in [-0.25, -0.2) is 0 Å².